The number of hydrogen-bond donors (Lipinski definition) is 2. The van der Waals surface area contributed by atoms with Crippen LogP contribution in [0.5, 0.6) is 0 Å². The van der Waals surface area contributed by atoms with Crippen molar-refractivity contribution in [2.75, 3.05) is 30.2 Å². The molecule has 0 atom stereocenters. The average Bonchev–Trinajstić information content (AvgIpc) is 2.84. The van der Waals surface area contributed by atoms with Crippen LogP contribution in [0.2, 0.25) is 0 Å². The quantitative estimate of drug-likeness (QED) is 0.891. The van der Waals surface area contributed by atoms with E-state index < -0.39 is 0 Å². The number of nitrogens with zero attached hydrogens (tertiary/aromatic N) is 1. The van der Waals surface area contributed by atoms with Crippen molar-refractivity contribution in [1.82, 2.24) is 5.32 Å². The highest BCUT2D eigenvalue weighted by atomic mass is 35.5. The van der Waals surface area contributed by atoms with Gasteiger partial charge >= 0.3 is 0 Å². The van der Waals surface area contributed by atoms with Crippen LogP contribution in [0, 0.1) is 5.92 Å². The zero-order valence-corrected chi connectivity index (χ0v) is 11.9. The Morgan fingerprint density at radius 2 is 2.00 bits per heavy atom. The maximum Gasteiger partial charge on any atom is 0.0916 e. The highest BCUT2D eigenvalue weighted by Crippen LogP contribution is 2.31. The number of rotatable bonds is 4. The van der Waals surface area contributed by atoms with Crippen LogP contribution in [0.4, 0.5) is 11.4 Å². The molecule has 2 N–H and O–H groups in total. The van der Waals surface area contributed by atoms with Crippen LogP contribution in [0.1, 0.15) is 25.7 Å². The summed E-state index contributed by atoms with van der Waals surface area (Å²) in [4.78, 5) is 5.48. The summed E-state index contributed by atoms with van der Waals surface area (Å²) in [6, 6.07) is 8.21. The minimum absolute atomic E-state index is 0. The normalized spacial score (nSPS) is 18.6. The number of hydroxylamine groups is 1. The van der Waals surface area contributed by atoms with Crippen molar-refractivity contribution in [2.45, 2.75) is 25.7 Å². The molecule has 1 aromatic carbocycles. The lowest BCUT2D eigenvalue weighted by atomic mass is 9.93. The van der Waals surface area contributed by atoms with E-state index in [1.54, 1.807) is 0 Å². The molecule has 0 aliphatic carbocycles. The SMILES string of the molecule is Cl.c1ccc2c(c1)NON2CCCC1CCNCC1. The molecule has 0 bridgehead atoms. The fourth-order valence-electron chi connectivity index (χ4n) is 2.79. The lowest BCUT2D eigenvalue weighted by molar-refractivity contribution is 0.176. The number of anilines is 2. The fraction of sp³-hybridized carbons (Fsp3) is 0.571. The number of para-hydroxylation sites is 2. The average molecular weight is 284 g/mol. The molecule has 1 fully saturated rings. The van der Waals surface area contributed by atoms with Crippen molar-refractivity contribution in [1.29, 1.82) is 0 Å². The summed E-state index contributed by atoms with van der Waals surface area (Å²) in [6.07, 6.45) is 5.16. The summed E-state index contributed by atoms with van der Waals surface area (Å²) in [5, 5.41) is 5.38. The van der Waals surface area contributed by atoms with Gasteiger partial charge in [-0.25, -0.2) is 10.5 Å². The standard InChI is InChI=1S/C14H21N3O.ClH/c1-2-6-14-13(5-1)16-18-17(14)11-3-4-12-7-9-15-10-8-12;/h1-2,5-6,12,15-16H,3-4,7-11H2;1H. The molecule has 0 saturated carbocycles. The number of benzene rings is 1. The van der Waals surface area contributed by atoms with Gasteiger partial charge in [0.1, 0.15) is 0 Å². The molecular formula is C14H22ClN3O. The summed E-state index contributed by atoms with van der Waals surface area (Å²) >= 11 is 0. The highest BCUT2D eigenvalue weighted by Gasteiger charge is 2.20. The molecule has 5 heteroatoms. The molecule has 2 heterocycles. The Morgan fingerprint density at radius 1 is 1.21 bits per heavy atom. The molecule has 3 rings (SSSR count). The first-order valence-electron chi connectivity index (χ1n) is 6.94. The molecule has 1 saturated heterocycles. The van der Waals surface area contributed by atoms with Crippen LogP contribution >= 0.6 is 12.4 Å². The number of piperidine rings is 1. The molecule has 19 heavy (non-hydrogen) atoms. The Labute approximate surface area is 120 Å². The molecule has 1 aromatic rings. The van der Waals surface area contributed by atoms with Crippen molar-refractivity contribution in [3.63, 3.8) is 0 Å². The van der Waals surface area contributed by atoms with Gasteiger partial charge in [-0.05, 0) is 56.8 Å². The van der Waals surface area contributed by atoms with Crippen LogP contribution in [-0.4, -0.2) is 19.6 Å². The Balaban J connectivity index is 0.00000133. The predicted octanol–water partition coefficient (Wildman–Crippen LogP) is 2.97. The van der Waals surface area contributed by atoms with Gasteiger partial charge in [0.2, 0.25) is 0 Å². The van der Waals surface area contributed by atoms with Gasteiger partial charge in [0, 0.05) is 6.54 Å². The van der Waals surface area contributed by atoms with Gasteiger partial charge in [-0.15, -0.1) is 12.4 Å². The number of nitrogens with one attached hydrogen (secondary N) is 2. The summed E-state index contributed by atoms with van der Waals surface area (Å²) in [5.74, 6) is 0.900. The third-order valence-corrected chi connectivity index (χ3v) is 3.87. The monoisotopic (exact) mass is 283 g/mol. The number of hydrogen-bond acceptors (Lipinski definition) is 4. The summed E-state index contributed by atoms with van der Waals surface area (Å²) < 4.78 is 0. The van der Waals surface area contributed by atoms with E-state index in [-0.39, 0.29) is 12.4 Å². The van der Waals surface area contributed by atoms with E-state index >= 15 is 0 Å². The van der Waals surface area contributed by atoms with E-state index in [1.807, 2.05) is 17.2 Å². The van der Waals surface area contributed by atoms with E-state index in [9.17, 15) is 0 Å². The maximum absolute atomic E-state index is 5.48. The Bertz CT molecular complexity index is 396. The van der Waals surface area contributed by atoms with E-state index in [2.05, 4.69) is 22.9 Å². The summed E-state index contributed by atoms with van der Waals surface area (Å²) in [6.45, 7) is 3.35. The topological polar surface area (TPSA) is 36.5 Å². The van der Waals surface area contributed by atoms with Gasteiger partial charge in [-0.1, -0.05) is 12.1 Å². The Kier molecular flexibility index (Phi) is 5.31. The second-order valence-corrected chi connectivity index (χ2v) is 5.15. The van der Waals surface area contributed by atoms with Crippen LogP contribution in [-0.2, 0) is 4.94 Å². The fourth-order valence-corrected chi connectivity index (χ4v) is 2.79. The summed E-state index contributed by atoms with van der Waals surface area (Å²) in [5.41, 5.74) is 5.18. The minimum atomic E-state index is 0. The second-order valence-electron chi connectivity index (χ2n) is 5.15. The second kappa shape index (κ2) is 6.98. The van der Waals surface area contributed by atoms with E-state index in [4.69, 9.17) is 4.94 Å². The van der Waals surface area contributed by atoms with Crippen LogP contribution in [0.25, 0.3) is 0 Å². The van der Waals surface area contributed by atoms with Gasteiger partial charge in [0.25, 0.3) is 0 Å². The smallest absolute Gasteiger partial charge is 0.0916 e. The first kappa shape index (κ1) is 14.4. The molecule has 0 aromatic heterocycles. The lowest BCUT2D eigenvalue weighted by Crippen LogP contribution is -2.28. The zero-order valence-electron chi connectivity index (χ0n) is 11.1. The van der Waals surface area contributed by atoms with Crippen molar-refractivity contribution in [3.05, 3.63) is 24.3 Å². The van der Waals surface area contributed by atoms with Crippen molar-refractivity contribution in [3.8, 4) is 0 Å². The molecule has 2 aliphatic rings. The van der Waals surface area contributed by atoms with E-state index in [1.165, 1.54) is 38.8 Å². The molecular weight excluding hydrogens is 262 g/mol. The number of fused-ring (bicyclic) bond motifs is 1. The van der Waals surface area contributed by atoms with Gasteiger partial charge in [0.15, 0.2) is 0 Å². The summed E-state index contributed by atoms with van der Waals surface area (Å²) in [7, 11) is 0. The highest BCUT2D eigenvalue weighted by molar-refractivity contribution is 5.85. The molecule has 0 radical (unpaired) electrons. The molecule has 0 amide bonds. The van der Waals surface area contributed by atoms with E-state index in [0.29, 0.717) is 0 Å². The minimum Gasteiger partial charge on any atom is -0.317 e. The van der Waals surface area contributed by atoms with Gasteiger partial charge < -0.3 is 5.32 Å². The van der Waals surface area contributed by atoms with Crippen LogP contribution in [0.3, 0.4) is 0 Å². The first-order chi connectivity index (χ1) is 8.93. The van der Waals surface area contributed by atoms with Gasteiger partial charge in [0.05, 0.1) is 11.4 Å². The molecule has 4 nitrogen and oxygen atoms in total. The lowest BCUT2D eigenvalue weighted by Gasteiger charge is -2.23. The Hall–Kier alpha value is -0.970. The van der Waals surface area contributed by atoms with Crippen LogP contribution < -0.4 is 15.9 Å². The molecule has 0 unspecified atom stereocenters. The Morgan fingerprint density at radius 3 is 2.84 bits per heavy atom. The van der Waals surface area contributed by atoms with Crippen molar-refractivity contribution >= 4 is 23.8 Å². The van der Waals surface area contributed by atoms with Crippen molar-refractivity contribution < 1.29 is 4.94 Å². The molecule has 2 aliphatic heterocycles. The van der Waals surface area contributed by atoms with Gasteiger partial charge in [-0.3, -0.25) is 0 Å². The first-order valence-corrected chi connectivity index (χ1v) is 6.94. The predicted molar refractivity (Wildman–Crippen MR) is 80.6 cm³/mol. The van der Waals surface area contributed by atoms with E-state index in [0.717, 1.165) is 23.8 Å². The number of halogens is 1. The zero-order chi connectivity index (χ0) is 12.2. The third kappa shape index (κ3) is 3.53. The third-order valence-electron chi connectivity index (χ3n) is 3.87. The molecule has 106 valence electrons. The molecule has 0 spiro atoms. The van der Waals surface area contributed by atoms with Crippen LogP contribution in [0.15, 0.2) is 24.3 Å². The largest absolute Gasteiger partial charge is 0.317 e. The van der Waals surface area contributed by atoms with Crippen molar-refractivity contribution in [2.24, 2.45) is 5.92 Å². The maximum atomic E-state index is 5.48. The van der Waals surface area contributed by atoms with Gasteiger partial charge in [-0.2, -0.15) is 4.94 Å².